The van der Waals surface area contributed by atoms with Gasteiger partial charge < -0.3 is 9.94 Å². The maximum absolute atomic E-state index is 8.58. The van der Waals surface area contributed by atoms with Crippen molar-refractivity contribution in [3.05, 3.63) is 34.9 Å². The van der Waals surface area contributed by atoms with Gasteiger partial charge in [0, 0.05) is 5.56 Å². The highest BCUT2D eigenvalue weighted by molar-refractivity contribution is 6.04. The van der Waals surface area contributed by atoms with E-state index in [0.717, 1.165) is 18.6 Å². The summed E-state index contributed by atoms with van der Waals surface area (Å²) >= 11 is 0. The third-order valence-electron chi connectivity index (χ3n) is 2.56. The number of aryl methyl sites for hydroxylation is 2. The molecule has 80 valence electrons. The minimum Gasteiger partial charge on any atom is -0.393 e. The van der Waals surface area contributed by atoms with Gasteiger partial charge in [-0.3, -0.25) is 0 Å². The van der Waals surface area contributed by atoms with Crippen LogP contribution in [0.2, 0.25) is 0 Å². The second kappa shape index (κ2) is 4.45. The highest BCUT2D eigenvalue weighted by Crippen LogP contribution is 2.23. The Hall–Kier alpha value is -1.35. The molecule has 1 aromatic rings. The van der Waals surface area contributed by atoms with E-state index in [2.05, 4.69) is 30.3 Å². The minimum atomic E-state index is 0.0114. The van der Waals surface area contributed by atoms with E-state index < -0.39 is 0 Å². The molecule has 0 fully saturated rings. The normalized spacial score (nSPS) is 16.8. The largest absolute Gasteiger partial charge is 0.393 e. The predicted octanol–water partition coefficient (Wildman–Crippen LogP) is 1.65. The fourth-order valence-corrected chi connectivity index (χ4v) is 1.86. The molecule has 2 rings (SSSR count). The molecule has 1 N–H and O–H groups in total. The summed E-state index contributed by atoms with van der Waals surface area (Å²) in [6.07, 6.45) is 1.97. The van der Waals surface area contributed by atoms with Crippen molar-refractivity contribution in [2.24, 2.45) is 5.16 Å². The summed E-state index contributed by atoms with van der Waals surface area (Å²) in [6.45, 7) is 2.37. The van der Waals surface area contributed by atoms with Gasteiger partial charge in [-0.05, 0) is 25.3 Å². The first kappa shape index (κ1) is 10.2. The summed E-state index contributed by atoms with van der Waals surface area (Å²) in [7, 11) is 0. The van der Waals surface area contributed by atoms with Crippen LogP contribution in [0.15, 0.2) is 23.4 Å². The van der Waals surface area contributed by atoms with Crippen LogP contribution < -0.4 is 0 Å². The predicted molar refractivity (Wildman–Crippen MR) is 59.1 cm³/mol. The topological polar surface area (TPSA) is 41.8 Å². The molecule has 3 nitrogen and oxygen atoms in total. The quantitative estimate of drug-likeness (QED) is 0.602. The third kappa shape index (κ3) is 2.18. The molecule has 1 aromatic carbocycles. The van der Waals surface area contributed by atoms with E-state index in [1.54, 1.807) is 0 Å². The average Bonchev–Trinajstić information content (AvgIpc) is 2.61. The Labute approximate surface area is 89.4 Å². The summed E-state index contributed by atoms with van der Waals surface area (Å²) in [4.78, 5) is 4.99. The van der Waals surface area contributed by atoms with Gasteiger partial charge in [-0.25, -0.2) is 0 Å². The van der Waals surface area contributed by atoms with Crippen molar-refractivity contribution in [3.8, 4) is 0 Å². The number of hydrogen-bond donors (Lipinski definition) is 1. The van der Waals surface area contributed by atoms with Crippen LogP contribution in [0, 0.1) is 6.92 Å². The molecule has 0 atom stereocenters. The summed E-state index contributed by atoms with van der Waals surface area (Å²) in [5.41, 5.74) is 4.82. The molecule has 15 heavy (non-hydrogen) atoms. The Morgan fingerprint density at radius 3 is 3.07 bits per heavy atom. The number of aliphatic hydroxyl groups excluding tert-OH is 1. The van der Waals surface area contributed by atoms with Gasteiger partial charge in [0.05, 0.1) is 12.3 Å². The Bertz CT molecular complexity index is 385. The number of aliphatic hydroxyl groups is 1. The average molecular weight is 205 g/mol. The fraction of sp³-hybridized carbons (Fsp3) is 0.417. The highest BCUT2D eigenvalue weighted by Gasteiger charge is 2.17. The van der Waals surface area contributed by atoms with E-state index in [0.29, 0.717) is 0 Å². The molecular weight excluding hydrogens is 190 g/mol. The van der Waals surface area contributed by atoms with E-state index in [4.69, 9.17) is 9.94 Å². The lowest BCUT2D eigenvalue weighted by Gasteiger charge is -2.01. The van der Waals surface area contributed by atoms with Crippen LogP contribution in [0.5, 0.6) is 0 Å². The molecule has 0 radical (unpaired) electrons. The lowest BCUT2D eigenvalue weighted by Crippen LogP contribution is -1.99. The van der Waals surface area contributed by atoms with Crippen molar-refractivity contribution < 1.29 is 9.94 Å². The SMILES string of the molecule is Cc1ccc2c(c1)CC/C2=N\OCCO. The third-order valence-corrected chi connectivity index (χ3v) is 2.56. The fourth-order valence-electron chi connectivity index (χ4n) is 1.86. The second-order valence-corrected chi connectivity index (χ2v) is 3.76. The van der Waals surface area contributed by atoms with Gasteiger partial charge in [-0.15, -0.1) is 0 Å². The van der Waals surface area contributed by atoms with E-state index in [1.807, 2.05) is 0 Å². The molecule has 3 heteroatoms. The van der Waals surface area contributed by atoms with Gasteiger partial charge in [0.25, 0.3) is 0 Å². The first-order valence-electron chi connectivity index (χ1n) is 5.21. The molecule has 0 aromatic heterocycles. The van der Waals surface area contributed by atoms with Gasteiger partial charge in [-0.1, -0.05) is 28.9 Å². The van der Waals surface area contributed by atoms with E-state index in [1.165, 1.54) is 16.7 Å². The summed E-state index contributed by atoms with van der Waals surface area (Å²) in [5, 5.41) is 12.6. The van der Waals surface area contributed by atoms with Crippen molar-refractivity contribution >= 4 is 5.71 Å². The maximum Gasteiger partial charge on any atom is 0.140 e. The van der Waals surface area contributed by atoms with Crippen LogP contribution in [0.4, 0.5) is 0 Å². The summed E-state index contributed by atoms with van der Waals surface area (Å²) < 4.78 is 0. The van der Waals surface area contributed by atoms with Gasteiger partial charge in [0.15, 0.2) is 0 Å². The van der Waals surface area contributed by atoms with Crippen LogP contribution in [0.25, 0.3) is 0 Å². The lowest BCUT2D eigenvalue weighted by molar-refractivity contribution is 0.0984. The van der Waals surface area contributed by atoms with Crippen LogP contribution >= 0.6 is 0 Å². The molecule has 1 aliphatic carbocycles. The van der Waals surface area contributed by atoms with E-state index in [-0.39, 0.29) is 13.2 Å². The van der Waals surface area contributed by atoms with Crippen LogP contribution in [0.3, 0.4) is 0 Å². The van der Waals surface area contributed by atoms with Crippen molar-refractivity contribution in [1.82, 2.24) is 0 Å². The van der Waals surface area contributed by atoms with Gasteiger partial charge in [0.2, 0.25) is 0 Å². The smallest absolute Gasteiger partial charge is 0.140 e. The molecular formula is C12H15NO2. The molecule has 0 saturated heterocycles. The van der Waals surface area contributed by atoms with Crippen molar-refractivity contribution in [1.29, 1.82) is 0 Å². The first-order valence-corrected chi connectivity index (χ1v) is 5.21. The Kier molecular flexibility index (Phi) is 3.02. The molecule has 0 amide bonds. The van der Waals surface area contributed by atoms with Crippen LogP contribution in [-0.2, 0) is 11.3 Å². The van der Waals surface area contributed by atoms with Gasteiger partial charge in [-0.2, -0.15) is 0 Å². The number of rotatable bonds is 3. The molecule has 0 unspecified atom stereocenters. The Balaban J connectivity index is 2.17. The lowest BCUT2D eigenvalue weighted by atomic mass is 10.1. The first-order chi connectivity index (χ1) is 7.31. The van der Waals surface area contributed by atoms with E-state index >= 15 is 0 Å². The number of fused-ring (bicyclic) bond motifs is 1. The minimum absolute atomic E-state index is 0.0114. The molecule has 0 aliphatic heterocycles. The highest BCUT2D eigenvalue weighted by atomic mass is 16.6. The molecule has 1 aliphatic rings. The van der Waals surface area contributed by atoms with Crippen molar-refractivity contribution in [2.75, 3.05) is 13.2 Å². The van der Waals surface area contributed by atoms with Gasteiger partial charge >= 0.3 is 0 Å². The summed E-state index contributed by atoms with van der Waals surface area (Å²) in [5.74, 6) is 0. The number of oxime groups is 1. The van der Waals surface area contributed by atoms with Crippen molar-refractivity contribution in [2.45, 2.75) is 19.8 Å². The monoisotopic (exact) mass is 205 g/mol. The zero-order chi connectivity index (χ0) is 10.7. The summed E-state index contributed by atoms with van der Waals surface area (Å²) in [6, 6.07) is 6.38. The van der Waals surface area contributed by atoms with Crippen LogP contribution in [-0.4, -0.2) is 24.0 Å². The molecule has 0 bridgehead atoms. The Morgan fingerprint density at radius 2 is 2.27 bits per heavy atom. The zero-order valence-corrected chi connectivity index (χ0v) is 8.86. The second-order valence-electron chi connectivity index (χ2n) is 3.76. The number of benzene rings is 1. The standard InChI is InChI=1S/C12H15NO2/c1-9-2-4-11-10(8-9)3-5-12(11)13-15-7-6-14/h2,4,8,14H,3,5-7H2,1H3/b13-12+. The maximum atomic E-state index is 8.58. The zero-order valence-electron chi connectivity index (χ0n) is 8.86. The van der Waals surface area contributed by atoms with Crippen molar-refractivity contribution in [3.63, 3.8) is 0 Å². The molecule has 0 spiro atoms. The number of nitrogens with zero attached hydrogens (tertiary/aromatic N) is 1. The van der Waals surface area contributed by atoms with Gasteiger partial charge in [0.1, 0.15) is 6.61 Å². The molecule has 0 heterocycles. The molecule has 0 saturated carbocycles. The van der Waals surface area contributed by atoms with E-state index in [9.17, 15) is 0 Å². The Morgan fingerprint density at radius 1 is 1.40 bits per heavy atom. The van der Waals surface area contributed by atoms with Crippen LogP contribution in [0.1, 0.15) is 23.1 Å². The number of hydrogen-bond acceptors (Lipinski definition) is 3.